The largest absolute Gasteiger partial charge is 0.258 e. The summed E-state index contributed by atoms with van der Waals surface area (Å²) in [6.45, 7) is 7.23. The fourth-order valence-corrected chi connectivity index (χ4v) is 1.13. The minimum atomic E-state index is -1.34. The van der Waals surface area contributed by atoms with E-state index in [-0.39, 0.29) is 0 Å². The Balaban J connectivity index is 3.06. The van der Waals surface area contributed by atoms with Crippen LogP contribution in [-0.2, 0) is 5.67 Å². The van der Waals surface area contributed by atoms with Crippen molar-refractivity contribution in [1.29, 1.82) is 0 Å². The predicted molar refractivity (Wildman–Crippen MR) is 52.5 cm³/mol. The summed E-state index contributed by atoms with van der Waals surface area (Å²) >= 11 is 0. The molecule has 0 bridgehead atoms. The van der Waals surface area contributed by atoms with E-state index in [0.29, 0.717) is 11.6 Å². The summed E-state index contributed by atoms with van der Waals surface area (Å²) in [7, 11) is 0. The van der Waals surface area contributed by atoms with Crippen LogP contribution >= 0.6 is 0 Å². The molecule has 0 saturated carbocycles. The number of pyridine rings is 1. The quantitative estimate of drug-likeness (QED) is 0.681. The van der Waals surface area contributed by atoms with Crippen molar-refractivity contribution in [2.24, 2.45) is 0 Å². The van der Waals surface area contributed by atoms with Crippen molar-refractivity contribution in [3.63, 3.8) is 0 Å². The third-order valence-corrected chi connectivity index (χ3v) is 2.06. The Morgan fingerprint density at radius 2 is 2.00 bits per heavy atom. The molecule has 0 aliphatic rings. The minimum Gasteiger partial charge on any atom is -0.258 e. The number of alkyl halides is 1. The van der Waals surface area contributed by atoms with E-state index in [2.05, 4.69) is 18.8 Å². The van der Waals surface area contributed by atoms with Crippen molar-refractivity contribution < 1.29 is 4.39 Å². The molecule has 13 heavy (non-hydrogen) atoms. The molecule has 1 nitrogen and oxygen atoms in total. The SMILES string of the molecule is CC(C)c1ccnc(C(C)(C)F)c1. The molecular weight excluding hydrogens is 165 g/mol. The van der Waals surface area contributed by atoms with E-state index >= 15 is 0 Å². The number of nitrogens with zero attached hydrogens (tertiary/aromatic N) is 1. The Morgan fingerprint density at radius 3 is 2.46 bits per heavy atom. The topological polar surface area (TPSA) is 12.9 Å². The number of aromatic nitrogens is 1. The van der Waals surface area contributed by atoms with Crippen LogP contribution in [0.5, 0.6) is 0 Å². The van der Waals surface area contributed by atoms with Crippen molar-refractivity contribution in [1.82, 2.24) is 4.98 Å². The summed E-state index contributed by atoms with van der Waals surface area (Å²) < 4.78 is 13.5. The molecule has 0 aliphatic heterocycles. The molecule has 0 aromatic carbocycles. The van der Waals surface area contributed by atoms with Crippen LogP contribution in [0.3, 0.4) is 0 Å². The van der Waals surface area contributed by atoms with Crippen molar-refractivity contribution in [3.05, 3.63) is 29.6 Å². The number of halogens is 1. The van der Waals surface area contributed by atoms with Crippen molar-refractivity contribution in [3.8, 4) is 0 Å². The zero-order chi connectivity index (χ0) is 10.1. The van der Waals surface area contributed by atoms with Gasteiger partial charge in [-0.05, 0) is 37.5 Å². The third kappa shape index (κ3) is 2.51. The van der Waals surface area contributed by atoms with Gasteiger partial charge in [0.15, 0.2) is 0 Å². The summed E-state index contributed by atoms with van der Waals surface area (Å²) in [4.78, 5) is 4.02. The Hall–Kier alpha value is -0.920. The molecule has 0 unspecified atom stereocenters. The Morgan fingerprint density at radius 1 is 1.38 bits per heavy atom. The summed E-state index contributed by atoms with van der Waals surface area (Å²) in [5.74, 6) is 0.420. The highest BCUT2D eigenvalue weighted by atomic mass is 19.1. The zero-order valence-electron chi connectivity index (χ0n) is 8.63. The van der Waals surface area contributed by atoms with E-state index < -0.39 is 5.67 Å². The molecule has 2 heteroatoms. The first kappa shape index (κ1) is 10.2. The maximum Gasteiger partial charge on any atom is 0.147 e. The van der Waals surface area contributed by atoms with Crippen molar-refractivity contribution >= 4 is 0 Å². The smallest absolute Gasteiger partial charge is 0.147 e. The third-order valence-electron chi connectivity index (χ3n) is 2.06. The van der Waals surface area contributed by atoms with E-state index in [0.717, 1.165) is 5.56 Å². The minimum absolute atomic E-state index is 0.420. The van der Waals surface area contributed by atoms with Crippen LogP contribution in [0, 0.1) is 0 Å². The van der Waals surface area contributed by atoms with E-state index in [9.17, 15) is 4.39 Å². The Kier molecular flexibility index (Phi) is 2.69. The second-order valence-corrected chi connectivity index (χ2v) is 4.10. The monoisotopic (exact) mass is 181 g/mol. The lowest BCUT2D eigenvalue weighted by Crippen LogP contribution is -2.11. The summed E-state index contributed by atoms with van der Waals surface area (Å²) in [5, 5.41) is 0. The molecule has 1 aromatic heterocycles. The molecule has 0 amide bonds. The first-order valence-corrected chi connectivity index (χ1v) is 4.56. The van der Waals surface area contributed by atoms with E-state index in [1.165, 1.54) is 13.8 Å². The number of rotatable bonds is 2. The highest BCUT2D eigenvalue weighted by Gasteiger charge is 2.20. The molecule has 0 atom stereocenters. The maximum absolute atomic E-state index is 13.5. The molecule has 0 N–H and O–H groups in total. The predicted octanol–water partition coefficient (Wildman–Crippen LogP) is 3.41. The normalized spacial score (nSPS) is 12.2. The van der Waals surface area contributed by atoms with Gasteiger partial charge in [-0.2, -0.15) is 0 Å². The standard InChI is InChI=1S/C11H16FN/c1-8(2)9-5-6-13-10(7-9)11(3,4)12/h5-8H,1-4H3. The Bertz CT molecular complexity index is 286. The number of hydrogen-bond donors (Lipinski definition) is 0. The van der Waals surface area contributed by atoms with Crippen LogP contribution in [-0.4, -0.2) is 4.98 Å². The molecule has 0 saturated heterocycles. The first-order chi connectivity index (χ1) is 5.91. The van der Waals surface area contributed by atoms with Gasteiger partial charge in [-0.25, -0.2) is 4.39 Å². The van der Waals surface area contributed by atoms with Crippen molar-refractivity contribution in [2.75, 3.05) is 0 Å². The van der Waals surface area contributed by atoms with Gasteiger partial charge in [0, 0.05) is 6.20 Å². The van der Waals surface area contributed by atoms with E-state index in [1.54, 1.807) is 6.20 Å². The van der Waals surface area contributed by atoms with E-state index in [1.807, 2.05) is 12.1 Å². The Labute approximate surface area is 79.0 Å². The lowest BCUT2D eigenvalue weighted by Gasteiger charge is -2.15. The second kappa shape index (κ2) is 3.44. The average molecular weight is 181 g/mol. The van der Waals surface area contributed by atoms with E-state index in [4.69, 9.17) is 0 Å². The molecule has 0 spiro atoms. The lowest BCUT2D eigenvalue weighted by atomic mass is 9.99. The van der Waals surface area contributed by atoms with Gasteiger partial charge >= 0.3 is 0 Å². The zero-order valence-corrected chi connectivity index (χ0v) is 8.63. The molecule has 1 aromatic rings. The molecule has 0 radical (unpaired) electrons. The molecular formula is C11H16FN. The maximum atomic E-state index is 13.5. The van der Waals surface area contributed by atoms with Gasteiger partial charge in [-0.15, -0.1) is 0 Å². The fraction of sp³-hybridized carbons (Fsp3) is 0.545. The molecule has 1 rings (SSSR count). The highest BCUT2D eigenvalue weighted by molar-refractivity contribution is 5.22. The molecule has 0 fully saturated rings. The molecule has 72 valence electrons. The fourth-order valence-electron chi connectivity index (χ4n) is 1.13. The van der Waals surface area contributed by atoms with Crippen molar-refractivity contribution in [2.45, 2.75) is 39.3 Å². The van der Waals surface area contributed by atoms with Gasteiger partial charge in [0.25, 0.3) is 0 Å². The lowest BCUT2D eigenvalue weighted by molar-refractivity contribution is 0.214. The summed E-state index contributed by atoms with van der Waals surface area (Å²) in [5.41, 5.74) is 0.305. The van der Waals surface area contributed by atoms with Gasteiger partial charge in [0.1, 0.15) is 5.67 Å². The summed E-state index contributed by atoms with van der Waals surface area (Å²) in [6.07, 6.45) is 1.67. The highest BCUT2D eigenvalue weighted by Crippen LogP contribution is 2.24. The van der Waals surface area contributed by atoms with Gasteiger partial charge in [0.05, 0.1) is 5.69 Å². The van der Waals surface area contributed by atoms with Crippen LogP contribution in [0.25, 0.3) is 0 Å². The second-order valence-electron chi connectivity index (χ2n) is 4.10. The van der Waals surface area contributed by atoms with Gasteiger partial charge in [-0.3, -0.25) is 4.98 Å². The van der Waals surface area contributed by atoms with Gasteiger partial charge < -0.3 is 0 Å². The van der Waals surface area contributed by atoms with Crippen LogP contribution in [0.15, 0.2) is 18.3 Å². The van der Waals surface area contributed by atoms with Crippen LogP contribution in [0.1, 0.15) is 44.9 Å². The number of hydrogen-bond acceptors (Lipinski definition) is 1. The van der Waals surface area contributed by atoms with Crippen LogP contribution in [0.2, 0.25) is 0 Å². The van der Waals surface area contributed by atoms with Crippen LogP contribution in [0.4, 0.5) is 4.39 Å². The summed E-state index contributed by atoms with van der Waals surface area (Å²) in [6, 6.07) is 3.77. The molecule has 0 aliphatic carbocycles. The average Bonchev–Trinajstić information content (AvgIpc) is 2.03. The van der Waals surface area contributed by atoms with Crippen LogP contribution < -0.4 is 0 Å². The first-order valence-electron chi connectivity index (χ1n) is 4.56. The van der Waals surface area contributed by atoms with Gasteiger partial charge in [0.2, 0.25) is 0 Å². The van der Waals surface area contributed by atoms with Gasteiger partial charge in [-0.1, -0.05) is 13.8 Å². The molecule has 1 heterocycles.